The Kier molecular flexibility index (Phi) is 1.08. The Morgan fingerprint density at radius 2 is 1.79 bits per heavy atom. The van der Waals surface area contributed by atoms with E-state index in [4.69, 9.17) is 9.84 Å². The third-order valence-electron chi connectivity index (χ3n) is 4.75. The van der Waals surface area contributed by atoms with Crippen LogP contribution in [0.25, 0.3) is 0 Å². The molecular formula is C10H12O4. The number of carboxylic acids is 1. The maximum absolute atomic E-state index is 11.6. The van der Waals surface area contributed by atoms with Gasteiger partial charge in [-0.15, -0.1) is 0 Å². The van der Waals surface area contributed by atoms with Crippen molar-refractivity contribution in [2.24, 2.45) is 16.2 Å². The summed E-state index contributed by atoms with van der Waals surface area (Å²) >= 11 is 0. The molecule has 0 aliphatic heterocycles. The van der Waals surface area contributed by atoms with Crippen molar-refractivity contribution in [1.82, 2.24) is 0 Å². The van der Waals surface area contributed by atoms with E-state index in [1.165, 1.54) is 7.11 Å². The van der Waals surface area contributed by atoms with Gasteiger partial charge in [-0.3, -0.25) is 9.59 Å². The van der Waals surface area contributed by atoms with E-state index in [2.05, 4.69) is 0 Å². The molecule has 1 spiro atoms. The smallest absolute Gasteiger partial charge is 0.312 e. The van der Waals surface area contributed by atoms with Gasteiger partial charge in [0.1, 0.15) is 0 Å². The lowest BCUT2D eigenvalue weighted by molar-refractivity contribution is -0.147. The molecule has 0 radical (unpaired) electrons. The monoisotopic (exact) mass is 196 g/mol. The fourth-order valence-corrected chi connectivity index (χ4v) is 3.84. The van der Waals surface area contributed by atoms with Crippen molar-refractivity contribution in [3.63, 3.8) is 0 Å². The van der Waals surface area contributed by atoms with Crippen LogP contribution in [0.2, 0.25) is 0 Å². The lowest BCUT2D eigenvalue weighted by Crippen LogP contribution is -2.18. The first-order valence-electron chi connectivity index (χ1n) is 4.87. The van der Waals surface area contributed by atoms with Crippen molar-refractivity contribution in [2.45, 2.75) is 25.7 Å². The molecule has 3 atom stereocenters. The Balaban J connectivity index is 1.95. The molecule has 3 rings (SSSR count). The summed E-state index contributed by atoms with van der Waals surface area (Å²) in [4.78, 5) is 22.7. The SMILES string of the molecule is COC(=O)C12CCC3(C(=O)O)CC31C2. The van der Waals surface area contributed by atoms with Crippen LogP contribution in [0.3, 0.4) is 0 Å². The molecule has 4 heteroatoms. The highest BCUT2D eigenvalue weighted by atomic mass is 16.5. The van der Waals surface area contributed by atoms with Gasteiger partial charge in [0.05, 0.1) is 17.9 Å². The summed E-state index contributed by atoms with van der Waals surface area (Å²) in [6, 6.07) is 0. The van der Waals surface area contributed by atoms with Crippen molar-refractivity contribution in [3.8, 4) is 0 Å². The molecule has 3 aliphatic rings. The quantitative estimate of drug-likeness (QED) is 0.663. The number of carbonyl (C=O) groups is 2. The second-order valence-electron chi connectivity index (χ2n) is 4.90. The highest BCUT2D eigenvalue weighted by Gasteiger charge is 2.95. The zero-order chi connectivity index (χ0) is 10.2. The van der Waals surface area contributed by atoms with Gasteiger partial charge in [-0.25, -0.2) is 0 Å². The van der Waals surface area contributed by atoms with Gasteiger partial charge < -0.3 is 9.84 Å². The van der Waals surface area contributed by atoms with E-state index in [1.54, 1.807) is 0 Å². The summed E-state index contributed by atoms with van der Waals surface area (Å²) in [6.07, 6.45) is 2.77. The Bertz CT molecular complexity index is 355. The van der Waals surface area contributed by atoms with E-state index in [1.807, 2.05) is 0 Å². The molecule has 4 nitrogen and oxygen atoms in total. The van der Waals surface area contributed by atoms with Crippen molar-refractivity contribution in [2.75, 3.05) is 7.11 Å². The molecule has 0 saturated heterocycles. The molecule has 14 heavy (non-hydrogen) atoms. The Labute approximate surface area is 81.2 Å². The topological polar surface area (TPSA) is 63.6 Å². The van der Waals surface area contributed by atoms with Crippen LogP contribution in [0.4, 0.5) is 0 Å². The molecule has 1 N–H and O–H groups in total. The molecule has 3 fully saturated rings. The van der Waals surface area contributed by atoms with Gasteiger partial charge >= 0.3 is 11.9 Å². The molecule has 3 unspecified atom stereocenters. The van der Waals surface area contributed by atoms with Gasteiger partial charge in [0.15, 0.2) is 0 Å². The molecule has 0 bridgehead atoms. The summed E-state index contributed by atoms with van der Waals surface area (Å²) in [6.45, 7) is 0. The van der Waals surface area contributed by atoms with Crippen LogP contribution >= 0.6 is 0 Å². The number of hydrogen-bond acceptors (Lipinski definition) is 3. The van der Waals surface area contributed by atoms with Crippen molar-refractivity contribution >= 4 is 11.9 Å². The first kappa shape index (κ1) is 8.26. The minimum atomic E-state index is -0.722. The van der Waals surface area contributed by atoms with E-state index in [0.29, 0.717) is 19.3 Å². The van der Waals surface area contributed by atoms with E-state index < -0.39 is 16.8 Å². The molecule has 0 heterocycles. The number of carboxylic acid groups (broad SMARTS) is 1. The minimum Gasteiger partial charge on any atom is -0.481 e. The first-order chi connectivity index (χ1) is 6.55. The Morgan fingerprint density at radius 3 is 2.14 bits per heavy atom. The van der Waals surface area contributed by atoms with Crippen molar-refractivity contribution in [3.05, 3.63) is 0 Å². The van der Waals surface area contributed by atoms with Crippen molar-refractivity contribution < 1.29 is 19.4 Å². The van der Waals surface area contributed by atoms with Gasteiger partial charge in [0, 0.05) is 5.41 Å². The zero-order valence-corrected chi connectivity index (χ0v) is 8.00. The van der Waals surface area contributed by atoms with Crippen LogP contribution in [0.15, 0.2) is 0 Å². The van der Waals surface area contributed by atoms with Gasteiger partial charge in [0.2, 0.25) is 0 Å². The van der Waals surface area contributed by atoms with Gasteiger partial charge in [-0.05, 0) is 25.7 Å². The highest BCUT2D eigenvalue weighted by Crippen LogP contribution is 2.94. The molecule has 76 valence electrons. The summed E-state index contributed by atoms with van der Waals surface area (Å²) in [5, 5.41) is 9.12. The summed E-state index contributed by atoms with van der Waals surface area (Å²) in [7, 11) is 1.38. The number of carbonyl (C=O) groups excluding carboxylic acids is 1. The van der Waals surface area contributed by atoms with Gasteiger partial charge in [0.25, 0.3) is 0 Å². The fourth-order valence-electron chi connectivity index (χ4n) is 3.84. The number of esters is 1. The molecular weight excluding hydrogens is 184 g/mol. The van der Waals surface area contributed by atoms with Crippen LogP contribution in [-0.2, 0) is 14.3 Å². The van der Waals surface area contributed by atoms with E-state index in [0.717, 1.165) is 6.42 Å². The predicted molar refractivity (Wildman–Crippen MR) is 45.4 cm³/mol. The number of rotatable bonds is 2. The Hall–Kier alpha value is -1.06. The second-order valence-corrected chi connectivity index (χ2v) is 4.90. The van der Waals surface area contributed by atoms with E-state index in [-0.39, 0.29) is 11.4 Å². The van der Waals surface area contributed by atoms with E-state index >= 15 is 0 Å². The fraction of sp³-hybridized carbons (Fsp3) is 0.800. The molecule has 0 aromatic carbocycles. The zero-order valence-electron chi connectivity index (χ0n) is 8.00. The number of hydrogen-bond donors (Lipinski definition) is 1. The standard InChI is InChI=1S/C10H12O4/c1-14-7(13)9-3-2-8(6(11)12)4-10(8,9)5-9/h2-5H2,1H3,(H,11,12). The second kappa shape index (κ2) is 1.83. The van der Waals surface area contributed by atoms with Crippen molar-refractivity contribution in [1.29, 1.82) is 0 Å². The molecule has 3 saturated carbocycles. The predicted octanol–water partition coefficient (Wildman–Crippen LogP) is 0.804. The minimum absolute atomic E-state index is 0.196. The normalized spacial score (nSPS) is 51.8. The molecule has 0 amide bonds. The average Bonchev–Trinajstić information content (AvgIpc) is 3.01. The summed E-state index contributed by atoms with van der Waals surface area (Å²) in [5.74, 6) is -0.918. The third kappa shape index (κ3) is 0.512. The first-order valence-corrected chi connectivity index (χ1v) is 4.87. The maximum atomic E-state index is 11.6. The summed E-state index contributed by atoms with van der Waals surface area (Å²) < 4.78 is 4.76. The van der Waals surface area contributed by atoms with Crippen LogP contribution < -0.4 is 0 Å². The van der Waals surface area contributed by atoms with Crippen LogP contribution in [0.5, 0.6) is 0 Å². The highest BCUT2D eigenvalue weighted by molar-refractivity contribution is 5.92. The number of aliphatic carboxylic acids is 1. The molecule has 0 aromatic heterocycles. The lowest BCUT2D eigenvalue weighted by atomic mass is 9.98. The number of methoxy groups -OCH3 is 1. The maximum Gasteiger partial charge on any atom is 0.312 e. The Morgan fingerprint density at radius 1 is 1.21 bits per heavy atom. The van der Waals surface area contributed by atoms with Crippen LogP contribution in [0, 0.1) is 16.2 Å². The average molecular weight is 196 g/mol. The lowest BCUT2D eigenvalue weighted by Gasteiger charge is -2.09. The molecule has 3 aliphatic carbocycles. The number of ether oxygens (including phenoxy) is 1. The summed E-state index contributed by atoms with van der Waals surface area (Å²) in [5.41, 5.74) is -1.19. The van der Waals surface area contributed by atoms with Crippen LogP contribution in [0.1, 0.15) is 25.7 Å². The van der Waals surface area contributed by atoms with Gasteiger partial charge in [-0.1, -0.05) is 0 Å². The van der Waals surface area contributed by atoms with Crippen LogP contribution in [-0.4, -0.2) is 24.2 Å². The van der Waals surface area contributed by atoms with Gasteiger partial charge in [-0.2, -0.15) is 0 Å². The molecule has 0 aromatic rings. The van der Waals surface area contributed by atoms with E-state index in [9.17, 15) is 9.59 Å². The third-order valence-corrected chi connectivity index (χ3v) is 4.75. The largest absolute Gasteiger partial charge is 0.481 e.